The molecule has 2 rings (SSSR count). The van der Waals surface area contributed by atoms with Crippen LogP contribution < -0.4 is 0 Å². The number of rotatable bonds is 2. The SMILES string of the molecule is CC1CC(N=C=O)(c2cccc(F)c2)C1. The zero-order valence-electron chi connectivity index (χ0n) is 8.53. The maximum absolute atomic E-state index is 13.1. The Morgan fingerprint density at radius 1 is 1.53 bits per heavy atom. The molecule has 0 aliphatic heterocycles. The van der Waals surface area contributed by atoms with E-state index in [1.165, 1.54) is 12.1 Å². The van der Waals surface area contributed by atoms with Crippen molar-refractivity contribution in [3.8, 4) is 0 Å². The maximum Gasteiger partial charge on any atom is 0.235 e. The van der Waals surface area contributed by atoms with Crippen molar-refractivity contribution in [2.45, 2.75) is 25.3 Å². The van der Waals surface area contributed by atoms with Crippen LogP contribution in [0.5, 0.6) is 0 Å². The summed E-state index contributed by atoms with van der Waals surface area (Å²) in [6.07, 6.45) is 3.20. The molecule has 0 unspecified atom stereocenters. The summed E-state index contributed by atoms with van der Waals surface area (Å²) < 4.78 is 13.1. The Hall–Kier alpha value is -1.47. The maximum atomic E-state index is 13.1. The van der Waals surface area contributed by atoms with Crippen LogP contribution in [-0.4, -0.2) is 6.08 Å². The molecular weight excluding hydrogens is 193 g/mol. The average Bonchev–Trinajstić information content (AvgIpc) is 2.15. The van der Waals surface area contributed by atoms with Gasteiger partial charge in [-0.25, -0.2) is 9.18 Å². The van der Waals surface area contributed by atoms with Gasteiger partial charge in [0.25, 0.3) is 0 Å². The van der Waals surface area contributed by atoms with Crippen LogP contribution in [0.25, 0.3) is 0 Å². The largest absolute Gasteiger partial charge is 0.235 e. The molecule has 1 aromatic carbocycles. The average molecular weight is 205 g/mol. The molecule has 2 nitrogen and oxygen atoms in total. The number of isocyanates is 1. The molecule has 0 saturated heterocycles. The molecule has 0 bridgehead atoms. The summed E-state index contributed by atoms with van der Waals surface area (Å²) >= 11 is 0. The van der Waals surface area contributed by atoms with Gasteiger partial charge in [-0.15, -0.1) is 0 Å². The number of nitrogens with zero attached hydrogens (tertiary/aromatic N) is 1. The lowest BCUT2D eigenvalue weighted by Crippen LogP contribution is -2.38. The molecule has 0 atom stereocenters. The number of carbonyl (C=O) groups excluding carboxylic acids is 1. The Kier molecular flexibility index (Phi) is 2.41. The number of hydrogen-bond donors (Lipinski definition) is 0. The Morgan fingerprint density at radius 3 is 2.80 bits per heavy atom. The predicted molar refractivity (Wildman–Crippen MR) is 54.6 cm³/mol. The van der Waals surface area contributed by atoms with Gasteiger partial charge in [-0.3, -0.25) is 0 Å². The van der Waals surface area contributed by atoms with E-state index in [0.29, 0.717) is 5.92 Å². The van der Waals surface area contributed by atoms with E-state index in [2.05, 4.69) is 11.9 Å². The summed E-state index contributed by atoms with van der Waals surface area (Å²) in [6.45, 7) is 2.10. The highest BCUT2D eigenvalue weighted by Crippen LogP contribution is 2.48. The molecular formula is C12H12FNO. The van der Waals surface area contributed by atoms with Crippen molar-refractivity contribution in [1.82, 2.24) is 0 Å². The third-order valence-corrected chi connectivity index (χ3v) is 2.99. The molecule has 3 heteroatoms. The van der Waals surface area contributed by atoms with Crippen LogP contribution in [0.15, 0.2) is 29.3 Å². The minimum atomic E-state index is -0.511. The molecule has 0 N–H and O–H groups in total. The van der Waals surface area contributed by atoms with Gasteiger partial charge in [0.15, 0.2) is 0 Å². The molecule has 0 spiro atoms. The molecule has 0 aromatic heterocycles. The third kappa shape index (κ3) is 1.71. The highest BCUT2D eigenvalue weighted by Gasteiger charge is 2.43. The molecule has 1 fully saturated rings. The highest BCUT2D eigenvalue weighted by molar-refractivity contribution is 5.39. The lowest BCUT2D eigenvalue weighted by atomic mass is 9.66. The van der Waals surface area contributed by atoms with E-state index >= 15 is 0 Å². The van der Waals surface area contributed by atoms with Gasteiger partial charge in [-0.05, 0) is 36.5 Å². The van der Waals surface area contributed by atoms with Gasteiger partial charge in [0, 0.05) is 0 Å². The van der Waals surface area contributed by atoms with E-state index in [1.807, 2.05) is 6.07 Å². The fourth-order valence-corrected chi connectivity index (χ4v) is 2.35. The summed E-state index contributed by atoms with van der Waals surface area (Å²) in [5.74, 6) is 0.248. The van der Waals surface area contributed by atoms with Crippen molar-refractivity contribution in [1.29, 1.82) is 0 Å². The van der Waals surface area contributed by atoms with E-state index in [0.717, 1.165) is 18.4 Å². The van der Waals surface area contributed by atoms with Gasteiger partial charge >= 0.3 is 0 Å². The standard InChI is InChI=1S/C12H12FNO/c1-9-6-12(7-9,14-8-15)10-3-2-4-11(13)5-10/h2-5,9H,6-7H2,1H3. The second-order valence-corrected chi connectivity index (χ2v) is 4.26. The van der Waals surface area contributed by atoms with E-state index in [-0.39, 0.29) is 5.82 Å². The van der Waals surface area contributed by atoms with Gasteiger partial charge < -0.3 is 0 Å². The molecule has 1 saturated carbocycles. The van der Waals surface area contributed by atoms with E-state index in [1.54, 1.807) is 12.1 Å². The quantitative estimate of drug-likeness (QED) is 0.539. The summed E-state index contributed by atoms with van der Waals surface area (Å²) in [6, 6.07) is 6.31. The van der Waals surface area contributed by atoms with Gasteiger partial charge in [-0.2, -0.15) is 4.99 Å². The Balaban J connectivity index is 2.38. The van der Waals surface area contributed by atoms with Crippen LogP contribution in [0.3, 0.4) is 0 Å². The van der Waals surface area contributed by atoms with E-state index < -0.39 is 5.54 Å². The minimum absolute atomic E-state index is 0.285. The van der Waals surface area contributed by atoms with Crippen molar-refractivity contribution in [3.63, 3.8) is 0 Å². The smallest absolute Gasteiger partial charge is 0.211 e. The highest BCUT2D eigenvalue weighted by atomic mass is 19.1. The zero-order chi connectivity index (χ0) is 10.9. The van der Waals surface area contributed by atoms with Crippen LogP contribution in [0.2, 0.25) is 0 Å². The van der Waals surface area contributed by atoms with Crippen LogP contribution in [0, 0.1) is 11.7 Å². The Morgan fingerprint density at radius 2 is 2.27 bits per heavy atom. The van der Waals surface area contributed by atoms with Gasteiger partial charge in [0.2, 0.25) is 6.08 Å². The van der Waals surface area contributed by atoms with Crippen molar-refractivity contribution in [2.24, 2.45) is 10.9 Å². The fraction of sp³-hybridized carbons (Fsp3) is 0.417. The second kappa shape index (κ2) is 3.59. The van der Waals surface area contributed by atoms with Gasteiger partial charge in [0.1, 0.15) is 5.82 Å². The number of halogens is 1. The predicted octanol–water partition coefficient (Wildman–Crippen LogP) is 2.79. The monoisotopic (exact) mass is 205 g/mol. The molecule has 1 aliphatic rings. The first-order chi connectivity index (χ1) is 7.16. The van der Waals surface area contributed by atoms with E-state index in [9.17, 15) is 9.18 Å². The first-order valence-corrected chi connectivity index (χ1v) is 5.01. The van der Waals surface area contributed by atoms with Crippen molar-refractivity contribution >= 4 is 6.08 Å². The van der Waals surface area contributed by atoms with Crippen molar-refractivity contribution in [3.05, 3.63) is 35.6 Å². The molecule has 78 valence electrons. The summed E-state index contributed by atoms with van der Waals surface area (Å²) in [5.41, 5.74) is 0.271. The number of benzene rings is 1. The fourth-order valence-electron chi connectivity index (χ4n) is 2.35. The lowest BCUT2D eigenvalue weighted by Gasteiger charge is -2.42. The molecule has 0 heterocycles. The number of aliphatic imine (C=N–C) groups is 1. The summed E-state index contributed by atoms with van der Waals surface area (Å²) in [5, 5.41) is 0. The molecule has 15 heavy (non-hydrogen) atoms. The Labute approximate surface area is 87.8 Å². The second-order valence-electron chi connectivity index (χ2n) is 4.26. The third-order valence-electron chi connectivity index (χ3n) is 2.99. The first kappa shape index (κ1) is 10.1. The van der Waals surface area contributed by atoms with Crippen LogP contribution >= 0.6 is 0 Å². The number of hydrogen-bond acceptors (Lipinski definition) is 2. The van der Waals surface area contributed by atoms with Gasteiger partial charge in [0.05, 0.1) is 5.54 Å². The molecule has 1 aromatic rings. The Bertz CT molecular complexity index is 417. The van der Waals surface area contributed by atoms with Crippen LogP contribution in [0.4, 0.5) is 4.39 Å². The molecule has 1 aliphatic carbocycles. The first-order valence-electron chi connectivity index (χ1n) is 5.01. The topological polar surface area (TPSA) is 29.4 Å². The minimum Gasteiger partial charge on any atom is -0.211 e. The lowest BCUT2D eigenvalue weighted by molar-refractivity contribution is 0.166. The molecule has 0 amide bonds. The molecule has 0 radical (unpaired) electrons. The zero-order valence-corrected chi connectivity index (χ0v) is 8.53. The van der Waals surface area contributed by atoms with Gasteiger partial charge in [-0.1, -0.05) is 19.1 Å². The van der Waals surface area contributed by atoms with Crippen molar-refractivity contribution in [2.75, 3.05) is 0 Å². The van der Waals surface area contributed by atoms with Crippen LogP contribution in [-0.2, 0) is 10.3 Å². The van der Waals surface area contributed by atoms with Crippen molar-refractivity contribution < 1.29 is 9.18 Å². The summed E-state index contributed by atoms with van der Waals surface area (Å²) in [7, 11) is 0. The normalized spacial score (nSPS) is 29.1. The summed E-state index contributed by atoms with van der Waals surface area (Å²) in [4.78, 5) is 14.2. The van der Waals surface area contributed by atoms with E-state index in [4.69, 9.17) is 0 Å². The van der Waals surface area contributed by atoms with Crippen LogP contribution in [0.1, 0.15) is 25.3 Å².